The molecule has 2 aliphatic heterocycles. The molecule has 0 bridgehead atoms. The van der Waals surface area contributed by atoms with E-state index in [1.54, 1.807) is 6.92 Å². The molecule has 2 heterocycles. The maximum absolute atomic E-state index is 9.53. The van der Waals surface area contributed by atoms with Gasteiger partial charge in [0, 0.05) is 6.20 Å². The SMILES string of the molecule is CC1(O)CN2C=CC=CC2=N1. The number of aliphatic imine (C=N–C) groups is 1. The second-order valence-electron chi connectivity index (χ2n) is 3.02. The van der Waals surface area contributed by atoms with Crippen molar-refractivity contribution < 1.29 is 5.11 Å². The molecule has 1 atom stereocenters. The summed E-state index contributed by atoms with van der Waals surface area (Å²) in [7, 11) is 0. The molecule has 11 heavy (non-hydrogen) atoms. The van der Waals surface area contributed by atoms with Crippen LogP contribution in [0.15, 0.2) is 29.4 Å². The van der Waals surface area contributed by atoms with E-state index < -0.39 is 5.72 Å². The van der Waals surface area contributed by atoms with Crippen LogP contribution in [0.3, 0.4) is 0 Å². The van der Waals surface area contributed by atoms with E-state index in [9.17, 15) is 5.11 Å². The van der Waals surface area contributed by atoms with Crippen molar-refractivity contribution in [2.24, 2.45) is 4.99 Å². The molecule has 1 N–H and O–H groups in total. The Hall–Kier alpha value is -1.09. The third-order valence-corrected chi connectivity index (χ3v) is 1.74. The third kappa shape index (κ3) is 1.07. The predicted octanol–water partition coefficient (Wildman–Crippen LogP) is 0.493. The highest BCUT2D eigenvalue weighted by molar-refractivity contribution is 5.96. The monoisotopic (exact) mass is 150 g/mol. The fraction of sp³-hybridized carbons (Fsp3) is 0.375. The summed E-state index contributed by atoms with van der Waals surface area (Å²) in [5.74, 6) is 0.845. The minimum absolute atomic E-state index is 0.559. The highest BCUT2D eigenvalue weighted by Crippen LogP contribution is 2.20. The fourth-order valence-electron chi connectivity index (χ4n) is 1.31. The van der Waals surface area contributed by atoms with Crippen molar-refractivity contribution in [2.45, 2.75) is 12.6 Å². The summed E-state index contributed by atoms with van der Waals surface area (Å²) in [4.78, 5) is 6.03. The van der Waals surface area contributed by atoms with Gasteiger partial charge < -0.3 is 10.0 Å². The Balaban J connectivity index is 2.33. The van der Waals surface area contributed by atoms with Crippen LogP contribution < -0.4 is 0 Å². The smallest absolute Gasteiger partial charge is 0.173 e. The fourth-order valence-corrected chi connectivity index (χ4v) is 1.31. The number of hydrogen-bond donors (Lipinski definition) is 1. The molecule has 2 rings (SSSR count). The zero-order valence-corrected chi connectivity index (χ0v) is 6.36. The van der Waals surface area contributed by atoms with Gasteiger partial charge in [-0.1, -0.05) is 6.08 Å². The first-order valence-corrected chi connectivity index (χ1v) is 3.61. The third-order valence-electron chi connectivity index (χ3n) is 1.74. The van der Waals surface area contributed by atoms with Crippen LogP contribution in [0.4, 0.5) is 0 Å². The van der Waals surface area contributed by atoms with Gasteiger partial charge in [0.25, 0.3) is 0 Å². The summed E-state index contributed by atoms with van der Waals surface area (Å²) in [6, 6.07) is 0. The van der Waals surface area contributed by atoms with E-state index in [0.29, 0.717) is 6.54 Å². The predicted molar refractivity (Wildman–Crippen MR) is 43.0 cm³/mol. The van der Waals surface area contributed by atoms with Crippen molar-refractivity contribution in [3.63, 3.8) is 0 Å². The van der Waals surface area contributed by atoms with Gasteiger partial charge in [-0.25, -0.2) is 4.99 Å². The van der Waals surface area contributed by atoms with E-state index in [1.165, 1.54) is 0 Å². The standard InChI is InChI=1S/C8H10N2O/c1-8(11)6-10-5-3-2-4-7(10)9-8/h2-5,11H,6H2,1H3. The maximum atomic E-state index is 9.53. The van der Waals surface area contributed by atoms with Crippen LogP contribution in [-0.4, -0.2) is 28.1 Å². The second kappa shape index (κ2) is 1.95. The molecule has 0 aromatic rings. The van der Waals surface area contributed by atoms with Gasteiger partial charge in [-0.3, -0.25) is 0 Å². The molecule has 0 amide bonds. The van der Waals surface area contributed by atoms with Crippen LogP contribution in [0.2, 0.25) is 0 Å². The van der Waals surface area contributed by atoms with Gasteiger partial charge in [0.05, 0.1) is 6.54 Å². The van der Waals surface area contributed by atoms with Gasteiger partial charge in [-0.05, 0) is 19.1 Å². The van der Waals surface area contributed by atoms with E-state index >= 15 is 0 Å². The minimum atomic E-state index is -0.908. The van der Waals surface area contributed by atoms with Crippen molar-refractivity contribution in [3.05, 3.63) is 24.4 Å². The Morgan fingerprint density at radius 1 is 1.64 bits per heavy atom. The van der Waals surface area contributed by atoms with Crippen LogP contribution in [0, 0.1) is 0 Å². The first-order chi connectivity index (χ1) is 5.17. The maximum Gasteiger partial charge on any atom is 0.173 e. The average molecular weight is 150 g/mol. The van der Waals surface area contributed by atoms with Crippen LogP contribution in [0.5, 0.6) is 0 Å². The second-order valence-corrected chi connectivity index (χ2v) is 3.02. The van der Waals surface area contributed by atoms with Crippen molar-refractivity contribution in [1.29, 1.82) is 0 Å². The lowest BCUT2D eigenvalue weighted by atomic mass is 10.3. The van der Waals surface area contributed by atoms with Crippen LogP contribution >= 0.6 is 0 Å². The highest BCUT2D eigenvalue weighted by Gasteiger charge is 2.31. The molecule has 0 aliphatic carbocycles. The molecule has 3 heteroatoms. The van der Waals surface area contributed by atoms with E-state index in [1.807, 2.05) is 29.3 Å². The van der Waals surface area contributed by atoms with E-state index in [-0.39, 0.29) is 0 Å². The highest BCUT2D eigenvalue weighted by atomic mass is 16.3. The Morgan fingerprint density at radius 3 is 3.18 bits per heavy atom. The summed E-state index contributed by atoms with van der Waals surface area (Å²) < 4.78 is 0. The summed E-state index contributed by atoms with van der Waals surface area (Å²) in [6.45, 7) is 2.27. The topological polar surface area (TPSA) is 35.8 Å². The van der Waals surface area contributed by atoms with E-state index in [0.717, 1.165) is 5.84 Å². The normalized spacial score (nSPS) is 34.0. The average Bonchev–Trinajstić information content (AvgIpc) is 2.21. The molecular weight excluding hydrogens is 140 g/mol. The summed E-state index contributed by atoms with van der Waals surface area (Å²) in [5.41, 5.74) is -0.908. The molecule has 0 spiro atoms. The summed E-state index contributed by atoms with van der Waals surface area (Å²) in [6.07, 6.45) is 7.65. The zero-order valence-electron chi connectivity index (χ0n) is 6.36. The molecule has 58 valence electrons. The number of allylic oxidation sites excluding steroid dienone is 2. The van der Waals surface area contributed by atoms with Crippen molar-refractivity contribution in [2.75, 3.05) is 6.54 Å². The molecule has 0 saturated carbocycles. The molecule has 0 aromatic heterocycles. The number of aliphatic hydroxyl groups is 1. The molecule has 3 nitrogen and oxygen atoms in total. The quantitative estimate of drug-likeness (QED) is 0.545. The molecule has 0 fully saturated rings. The summed E-state index contributed by atoms with van der Waals surface area (Å²) in [5, 5.41) is 9.53. The van der Waals surface area contributed by atoms with Gasteiger partial charge in [-0.2, -0.15) is 0 Å². The van der Waals surface area contributed by atoms with Gasteiger partial charge in [0.15, 0.2) is 5.72 Å². The lowest BCUT2D eigenvalue weighted by Gasteiger charge is -2.17. The largest absolute Gasteiger partial charge is 0.368 e. The van der Waals surface area contributed by atoms with Gasteiger partial charge in [0.1, 0.15) is 5.84 Å². The van der Waals surface area contributed by atoms with Crippen LogP contribution in [0.1, 0.15) is 6.92 Å². The number of fused-ring (bicyclic) bond motifs is 1. The molecule has 2 aliphatic rings. The Bertz CT molecular complexity index is 263. The van der Waals surface area contributed by atoms with Gasteiger partial charge in [0.2, 0.25) is 0 Å². The van der Waals surface area contributed by atoms with Crippen LogP contribution in [0.25, 0.3) is 0 Å². The molecule has 0 saturated heterocycles. The Kier molecular flexibility index (Phi) is 1.17. The van der Waals surface area contributed by atoms with Gasteiger partial charge in [-0.15, -0.1) is 0 Å². The molecule has 0 radical (unpaired) electrons. The number of hydrogen-bond acceptors (Lipinski definition) is 3. The summed E-state index contributed by atoms with van der Waals surface area (Å²) >= 11 is 0. The van der Waals surface area contributed by atoms with E-state index in [4.69, 9.17) is 0 Å². The lowest BCUT2D eigenvalue weighted by Crippen LogP contribution is -2.30. The van der Waals surface area contributed by atoms with Crippen molar-refractivity contribution >= 4 is 5.84 Å². The molecule has 0 aromatic carbocycles. The molecule has 1 unspecified atom stereocenters. The molecular formula is C8H10N2O. The zero-order chi connectivity index (χ0) is 7.90. The van der Waals surface area contributed by atoms with Gasteiger partial charge >= 0.3 is 0 Å². The number of rotatable bonds is 0. The van der Waals surface area contributed by atoms with Crippen molar-refractivity contribution in [3.8, 4) is 0 Å². The number of nitrogens with zero attached hydrogens (tertiary/aromatic N) is 2. The Morgan fingerprint density at radius 2 is 2.45 bits per heavy atom. The van der Waals surface area contributed by atoms with Crippen LogP contribution in [-0.2, 0) is 0 Å². The Labute approximate surface area is 65.4 Å². The number of amidine groups is 1. The minimum Gasteiger partial charge on any atom is -0.368 e. The van der Waals surface area contributed by atoms with Crippen molar-refractivity contribution in [1.82, 2.24) is 4.90 Å². The first kappa shape index (κ1) is 6.61. The first-order valence-electron chi connectivity index (χ1n) is 3.61. The van der Waals surface area contributed by atoms with E-state index in [2.05, 4.69) is 4.99 Å². The lowest BCUT2D eigenvalue weighted by molar-refractivity contribution is 0.0709.